The first-order valence-corrected chi connectivity index (χ1v) is 10.7. The number of ether oxygens (including phenoxy) is 1. The Morgan fingerprint density at radius 2 is 1.51 bits per heavy atom. The SMILES string of the molecule is Cc1cc(OCC(=O)Nc2cc(C(F)(F)F)cc(C(F)(F)F)c2)c2c(-c3ccccc3)cc(=O)oc2c1. The lowest BCUT2D eigenvalue weighted by Crippen LogP contribution is -2.21. The molecule has 4 aromatic rings. The summed E-state index contributed by atoms with van der Waals surface area (Å²) in [5, 5.41) is 2.38. The Bertz CT molecular complexity index is 1490. The van der Waals surface area contributed by atoms with Gasteiger partial charge in [0.1, 0.15) is 11.3 Å². The average Bonchev–Trinajstić information content (AvgIpc) is 2.81. The van der Waals surface area contributed by atoms with Gasteiger partial charge in [-0.15, -0.1) is 0 Å². The van der Waals surface area contributed by atoms with Crippen LogP contribution < -0.4 is 15.7 Å². The molecule has 1 heterocycles. The lowest BCUT2D eigenvalue weighted by atomic mass is 10.0. The van der Waals surface area contributed by atoms with E-state index in [1.807, 2.05) is 5.32 Å². The van der Waals surface area contributed by atoms with Crippen molar-refractivity contribution in [3.63, 3.8) is 0 Å². The first-order chi connectivity index (χ1) is 17.3. The maximum Gasteiger partial charge on any atom is 0.416 e. The van der Waals surface area contributed by atoms with Gasteiger partial charge in [-0.2, -0.15) is 26.3 Å². The molecule has 0 unspecified atom stereocenters. The second-order valence-corrected chi connectivity index (χ2v) is 8.11. The number of carbonyl (C=O) groups excluding carboxylic acids is 1. The number of hydrogen-bond donors (Lipinski definition) is 1. The highest BCUT2D eigenvalue weighted by Crippen LogP contribution is 2.38. The van der Waals surface area contributed by atoms with Crippen molar-refractivity contribution in [1.29, 1.82) is 0 Å². The molecule has 4 rings (SSSR count). The molecule has 0 radical (unpaired) electrons. The number of hydrogen-bond acceptors (Lipinski definition) is 4. The van der Waals surface area contributed by atoms with E-state index in [1.54, 1.807) is 49.4 Å². The van der Waals surface area contributed by atoms with Crippen molar-refractivity contribution in [1.82, 2.24) is 0 Å². The van der Waals surface area contributed by atoms with E-state index in [9.17, 15) is 35.9 Å². The maximum absolute atomic E-state index is 13.1. The molecule has 0 bridgehead atoms. The van der Waals surface area contributed by atoms with Crippen LogP contribution >= 0.6 is 0 Å². The van der Waals surface area contributed by atoms with E-state index >= 15 is 0 Å². The minimum absolute atomic E-state index is 0.0378. The second kappa shape index (κ2) is 9.64. The molecule has 0 aliphatic heterocycles. The standard InChI is InChI=1S/C26H17F6NO4/c1-14-7-20(24-19(15-5-3-2-4-6-15)12-23(35)37-21(24)8-14)36-13-22(34)33-18-10-16(25(27,28)29)9-17(11-18)26(30,31)32/h2-12H,13H2,1H3,(H,33,34). The zero-order valence-electron chi connectivity index (χ0n) is 19.0. The third-order valence-corrected chi connectivity index (χ3v) is 5.27. The smallest absolute Gasteiger partial charge is 0.416 e. The number of aryl methyl sites for hydroxylation is 1. The summed E-state index contributed by atoms with van der Waals surface area (Å²) in [7, 11) is 0. The van der Waals surface area contributed by atoms with Gasteiger partial charge in [0.25, 0.3) is 5.91 Å². The Morgan fingerprint density at radius 1 is 0.892 bits per heavy atom. The van der Waals surface area contributed by atoms with E-state index in [0.29, 0.717) is 34.2 Å². The van der Waals surface area contributed by atoms with E-state index < -0.39 is 47.3 Å². The molecule has 0 atom stereocenters. The predicted octanol–water partition coefficient (Wildman–Crippen LogP) is 6.82. The van der Waals surface area contributed by atoms with Crippen molar-refractivity contribution >= 4 is 22.6 Å². The van der Waals surface area contributed by atoms with Crippen LogP contribution in [0.2, 0.25) is 0 Å². The maximum atomic E-state index is 13.1. The summed E-state index contributed by atoms with van der Waals surface area (Å²) >= 11 is 0. The minimum atomic E-state index is -5.06. The van der Waals surface area contributed by atoms with Crippen LogP contribution in [-0.4, -0.2) is 12.5 Å². The van der Waals surface area contributed by atoms with E-state index in [-0.39, 0.29) is 17.4 Å². The van der Waals surface area contributed by atoms with Gasteiger partial charge in [0.05, 0.1) is 16.5 Å². The van der Waals surface area contributed by atoms with Crippen molar-refractivity contribution in [2.75, 3.05) is 11.9 Å². The number of carbonyl (C=O) groups is 1. The highest BCUT2D eigenvalue weighted by molar-refractivity contribution is 5.99. The number of amides is 1. The van der Waals surface area contributed by atoms with Crippen LogP contribution in [0.15, 0.2) is 75.9 Å². The zero-order chi connectivity index (χ0) is 27.0. The Kier molecular flexibility index (Phi) is 6.72. The van der Waals surface area contributed by atoms with Crippen molar-refractivity contribution < 1.29 is 40.3 Å². The number of rotatable bonds is 5. The van der Waals surface area contributed by atoms with Gasteiger partial charge in [0.2, 0.25) is 0 Å². The molecule has 1 N–H and O–H groups in total. The fourth-order valence-corrected chi connectivity index (χ4v) is 3.72. The third-order valence-electron chi connectivity index (χ3n) is 5.27. The van der Waals surface area contributed by atoms with Crippen LogP contribution in [0.3, 0.4) is 0 Å². The molecule has 0 spiro atoms. The molecule has 192 valence electrons. The number of fused-ring (bicyclic) bond motifs is 1. The quantitative estimate of drug-likeness (QED) is 0.231. The summed E-state index contributed by atoms with van der Waals surface area (Å²) in [5.41, 5.74) is -2.54. The van der Waals surface area contributed by atoms with Gasteiger partial charge >= 0.3 is 18.0 Å². The molecule has 0 fully saturated rings. The Balaban J connectivity index is 1.65. The molecular formula is C26H17F6NO4. The first kappa shape index (κ1) is 25.8. The number of alkyl halides is 6. The van der Waals surface area contributed by atoms with Gasteiger partial charge in [0, 0.05) is 17.3 Å². The van der Waals surface area contributed by atoms with Crippen molar-refractivity contribution in [2.24, 2.45) is 0 Å². The van der Waals surface area contributed by atoms with Gasteiger partial charge in [-0.25, -0.2) is 4.79 Å². The summed E-state index contributed by atoms with van der Waals surface area (Å²) in [6, 6.07) is 13.9. The predicted molar refractivity (Wildman–Crippen MR) is 123 cm³/mol. The summed E-state index contributed by atoms with van der Waals surface area (Å²) in [4.78, 5) is 24.6. The van der Waals surface area contributed by atoms with E-state index in [2.05, 4.69) is 0 Å². The van der Waals surface area contributed by atoms with Gasteiger partial charge in [-0.05, 0) is 48.4 Å². The molecule has 0 aliphatic carbocycles. The first-order valence-electron chi connectivity index (χ1n) is 10.7. The molecular weight excluding hydrogens is 504 g/mol. The molecule has 0 saturated heterocycles. The molecule has 0 aliphatic rings. The van der Waals surface area contributed by atoms with Crippen LogP contribution in [0, 0.1) is 6.92 Å². The fraction of sp³-hybridized carbons (Fsp3) is 0.154. The van der Waals surface area contributed by atoms with Crippen LogP contribution in [0.4, 0.5) is 32.0 Å². The summed E-state index contributed by atoms with van der Waals surface area (Å²) in [6.45, 7) is 0.937. The van der Waals surface area contributed by atoms with Crippen molar-refractivity contribution in [3.8, 4) is 16.9 Å². The summed E-state index contributed by atoms with van der Waals surface area (Å²) in [5.74, 6) is -0.867. The van der Waals surface area contributed by atoms with Crippen LogP contribution in [-0.2, 0) is 17.1 Å². The normalized spacial score (nSPS) is 12.0. The lowest BCUT2D eigenvalue weighted by molar-refractivity contribution is -0.143. The number of anilines is 1. The van der Waals surface area contributed by atoms with Gasteiger partial charge in [-0.1, -0.05) is 30.3 Å². The highest BCUT2D eigenvalue weighted by Gasteiger charge is 2.37. The molecule has 3 aromatic carbocycles. The Labute approximate surface area is 205 Å². The van der Waals surface area contributed by atoms with Crippen LogP contribution in [0.1, 0.15) is 16.7 Å². The average molecular weight is 521 g/mol. The largest absolute Gasteiger partial charge is 0.483 e. The second-order valence-electron chi connectivity index (χ2n) is 8.11. The highest BCUT2D eigenvalue weighted by atomic mass is 19.4. The van der Waals surface area contributed by atoms with Crippen molar-refractivity contribution in [3.05, 3.63) is 93.8 Å². The van der Waals surface area contributed by atoms with Gasteiger partial charge in [0.15, 0.2) is 6.61 Å². The number of benzene rings is 3. The molecule has 37 heavy (non-hydrogen) atoms. The van der Waals surface area contributed by atoms with Crippen molar-refractivity contribution in [2.45, 2.75) is 19.3 Å². The van der Waals surface area contributed by atoms with E-state index in [1.165, 1.54) is 6.07 Å². The Hall–Kier alpha value is -4.28. The molecule has 1 amide bonds. The number of nitrogens with one attached hydrogen (secondary N) is 1. The van der Waals surface area contributed by atoms with Gasteiger partial charge in [-0.3, -0.25) is 4.79 Å². The lowest BCUT2D eigenvalue weighted by Gasteiger charge is -2.16. The summed E-state index contributed by atoms with van der Waals surface area (Å²) in [6.07, 6.45) is -10.1. The minimum Gasteiger partial charge on any atom is -0.483 e. The van der Waals surface area contributed by atoms with Crippen LogP contribution in [0.25, 0.3) is 22.1 Å². The monoisotopic (exact) mass is 521 g/mol. The van der Waals surface area contributed by atoms with Crippen LogP contribution in [0.5, 0.6) is 5.75 Å². The van der Waals surface area contributed by atoms with Gasteiger partial charge < -0.3 is 14.5 Å². The molecule has 11 heteroatoms. The molecule has 0 saturated carbocycles. The van der Waals surface area contributed by atoms with E-state index in [4.69, 9.17) is 9.15 Å². The molecule has 1 aromatic heterocycles. The summed E-state index contributed by atoms with van der Waals surface area (Å²) < 4.78 is 89.5. The third kappa shape index (κ3) is 5.93. The van der Waals surface area contributed by atoms with E-state index in [0.717, 1.165) is 0 Å². The molecule has 5 nitrogen and oxygen atoms in total. The Morgan fingerprint density at radius 3 is 2.11 bits per heavy atom. The topological polar surface area (TPSA) is 68.5 Å². The fourth-order valence-electron chi connectivity index (χ4n) is 3.72. The number of halogens is 6. The zero-order valence-corrected chi connectivity index (χ0v) is 19.0.